The normalized spacial score (nSPS) is 25.3. The SMILES string of the molecule is c1csc(C2CCCOO2)c1. The van der Waals surface area contributed by atoms with Crippen molar-refractivity contribution in [2.45, 2.75) is 18.9 Å². The number of thiophene rings is 1. The Morgan fingerprint density at radius 1 is 1.55 bits per heavy atom. The zero-order valence-corrected chi connectivity index (χ0v) is 6.97. The third-order valence-electron chi connectivity index (χ3n) is 1.74. The Bertz CT molecular complexity index is 202. The van der Waals surface area contributed by atoms with Crippen LogP contribution in [-0.4, -0.2) is 6.61 Å². The van der Waals surface area contributed by atoms with Crippen molar-refractivity contribution in [2.75, 3.05) is 6.61 Å². The van der Waals surface area contributed by atoms with E-state index in [0.717, 1.165) is 19.4 Å². The van der Waals surface area contributed by atoms with Crippen molar-refractivity contribution < 1.29 is 9.78 Å². The van der Waals surface area contributed by atoms with Crippen LogP contribution in [0, 0.1) is 0 Å². The molecule has 2 rings (SSSR count). The average Bonchev–Trinajstić information content (AvgIpc) is 2.58. The van der Waals surface area contributed by atoms with Gasteiger partial charge in [0.25, 0.3) is 0 Å². The summed E-state index contributed by atoms with van der Waals surface area (Å²) < 4.78 is 0. The molecule has 1 unspecified atom stereocenters. The molecule has 1 aromatic heterocycles. The van der Waals surface area contributed by atoms with Gasteiger partial charge in [0.1, 0.15) is 6.10 Å². The lowest BCUT2D eigenvalue weighted by Crippen LogP contribution is -2.11. The van der Waals surface area contributed by atoms with Crippen LogP contribution in [0.3, 0.4) is 0 Å². The Morgan fingerprint density at radius 3 is 3.18 bits per heavy atom. The van der Waals surface area contributed by atoms with Crippen LogP contribution < -0.4 is 0 Å². The molecule has 0 radical (unpaired) electrons. The highest BCUT2D eigenvalue weighted by atomic mass is 32.1. The molecule has 11 heavy (non-hydrogen) atoms. The smallest absolute Gasteiger partial charge is 0.127 e. The predicted molar refractivity (Wildman–Crippen MR) is 43.3 cm³/mol. The summed E-state index contributed by atoms with van der Waals surface area (Å²) in [6, 6.07) is 4.13. The summed E-state index contributed by atoms with van der Waals surface area (Å²) in [5.74, 6) is 0. The lowest BCUT2D eigenvalue weighted by Gasteiger charge is -2.19. The molecule has 0 amide bonds. The maximum absolute atomic E-state index is 5.13. The zero-order chi connectivity index (χ0) is 7.52. The highest BCUT2D eigenvalue weighted by Crippen LogP contribution is 2.29. The molecule has 2 nitrogen and oxygen atoms in total. The second kappa shape index (κ2) is 3.34. The van der Waals surface area contributed by atoms with Crippen molar-refractivity contribution in [3.05, 3.63) is 22.4 Å². The molecule has 2 heterocycles. The summed E-state index contributed by atoms with van der Waals surface area (Å²) in [6.45, 7) is 0.738. The minimum Gasteiger partial charge on any atom is -0.236 e. The second-order valence-corrected chi connectivity index (χ2v) is 3.54. The van der Waals surface area contributed by atoms with Gasteiger partial charge in [-0.1, -0.05) is 6.07 Å². The Kier molecular flexibility index (Phi) is 2.21. The van der Waals surface area contributed by atoms with Crippen LogP contribution in [0.15, 0.2) is 17.5 Å². The number of rotatable bonds is 1. The molecule has 60 valence electrons. The van der Waals surface area contributed by atoms with E-state index in [4.69, 9.17) is 9.78 Å². The van der Waals surface area contributed by atoms with Crippen LogP contribution in [0.2, 0.25) is 0 Å². The first-order valence-corrected chi connectivity index (χ1v) is 4.66. The molecule has 0 spiro atoms. The molecule has 0 saturated carbocycles. The minimum atomic E-state index is 0.184. The summed E-state index contributed by atoms with van der Waals surface area (Å²) >= 11 is 1.72. The average molecular weight is 170 g/mol. The van der Waals surface area contributed by atoms with Crippen LogP contribution >= 0.6 is 11.3 Å². The highest BCUT2D eigenvalue weighted by molar-refractivity contribution is 7.10. The van der Waals surface area contributed by atoms with Gasteiger partial charge in [0, 0.05) is 4.88 Å². The molecule has 1 saturated heterocycles. The van der Waals surface area contributed by atoms with Crippen LogP contribution in [0.5, 0.6) is 0 Å². The molecular weight excluding hydrogens is 160 g/mol. The fraction of sp³-hybridized carbons (Fsp3) is 0.500. The maximum atomic E-state index is 5.13. The summed E-state index contributed by atoms with van der Waals surface area (Å²) in [4.78, 5) is 11.3. The van der Waals surface area contributed by atoms with E-state index in [-0.39, 0.29) is 6.10 Å². The van der Waals surface area contributed by atoms with Gasteiger partial charge in [-0.05, 0) is 24.3 Å². The molecule has 3 heteroatoms. The van der Waals surface area contributed by atoms with Gasteiger partial charge in [-0.3, -0.25) is 0 Å². The van der Waals surface area contributed by atoms with Gasteiger partial charge in [0.2, 0.25) is 0 Å². The quantitative estimate of drug-likeness (QED) is 0.603. The number of hydrogen-bond acceptors (Lipinski definition) is 3. The summed E-state index contributed by atoms with van der Waals surface area (Å²) in [5, 5.41) is 2.06. The Labute approximate surface area is 69.7 Å². The third-order valence-corrected chi connectivity index (χ3v) is 2.70. The molecule has 1 aliphatic heterocycles. The van der Waals surface area contributed by atoms with Gasteiger partial charge in [-0.25, -0.2) is 9.78 Å². The lowest BCUT2D eigenvalue weighted by molar-refractivity contribution is -0.347. The molecule has 0 aromatic carbocycles. The number of hydrogen-bond donors (Lipinski definition) is 0. The van der Waals surface area contributed by atoms with Gasteiger partial charge in [0.05, 0.1) is 6.61 Å². The van der Waals surface area contributed by atoms with Crippen LogP contribution in [0.25, 0.3) is 0 Å². The summed E-state index contributed by atoms with van der Waals surface area (Å²) in [6.07, 6.45) is 2.37. The van der Waals surface area contributed by atoms with Crippen molar-refractivity contribution in [1.29, 1.82) is 0 Å². The summed E-state index contributed by atoms with van der Waals surface area (Å²) in [5.41, 5.74) is 0. The Balaban J connectivity index is 2.04. The van der Waals surface area contributed by atoms with Crippen LogP contribution in [-0.2, 0) is 9.78 Å². The fourth-order valence-corrected chi connectivity index (χ4v) is 1.95. The van der Waals surface area contributed by atoms with Crippen LogP contribution in [0.1, 0.15) is 23.8 Å². The lowest BCUT2D eigenvalue weighted by atomic mass is 10.1. The predicted octanol–water partition coefficient (Wildman–Crippen LogP) is 2.53. The Morgan fingerprint density at radius 2 is 2.55 bits per heavy atom. The molecule has 1 aliphatic rings. The van der Waals surface area contributed by atoms with Gasteiger partial charge < -0.3 is 0 Å². The fourth-order valence-electron chi connectivity index (χ4n) is 1.17. The van der Waals surface area contributed by atoms with E-state index in [0.29, 0.717) is 0 Å². The topological polar surface area (TPSA) is 18.5 Å². The van der Waals surface area contributed by atoms with Crippen molar-refractivity contribution in [1.82, 2.24) is 0 Å². The minimum absolute atomic E-state index is 0.184. The highest BCUT2D eigenvalue weighted by Gasteiger charge is 2.17. The van der Waals surface area contributed by atoms with Gasteiger partial charge in [-0.15, -0.1) is 11.3 Å². The largest absolute Gasteiger partial charge is 0.236 e. The third kappa shape index (κ3) is 1.61. The van der Waals surface area contributed by atoms with Gasteiger partial charge in [0.15, 0.2) is 0 Å². The first kappa shape index (κ1) is 7.28. The maximum Gasteiger partial charge on any atom is 0.127 e. The van der Waals surface area contributed by atoms with E-state index in [1.165, 1.54) is 4.88 Å². The van der Waals surface area contributed by atoms with Crippen LogP contribution in [0.4, 0.5) is 0 Å². The van der Waals surface area contributed by atoms with Gasteiger partial charge >= 0.3 is 0 Å². The second-order valence-electron chi connectivity index (χ2n) is 2.56. The molecule has 1 aromatic rings. The summed E-state index contributed by atoms with van der Waals surface area (Å²) in [7, 11) is 0. The van der Waals surface area contributed by atoms with E-state index in [1.807, 2.05) is 6.07 Å². The molecule has 0 bridgehead atoms. The molecular formula is C8H10O2S. The first-order valence-electron chi connectivity index (χ1n) is 3.78. The Hall–Kier alpha value is -0.380. The van der Waals surface area contributed by atoms with Crippen molar-refractivity contribution in [2.24, 2.45) is 0 Å². The van der Waals surface area contributed by atoms with E-state index in [9.17, 15) is 0 Å². The van der Waals surface area contributed by atoms with E-state index in [1.54, 1.807) is 11.3 Å². The molecule has 1 atom stereocenters. The van der Waals surface area contributed by atoms with E-state index >= 15 is 0 Å². The van der Waals surface area contributed by atoms with Gasteiger partial charge in [-0.2, -0.15) is 0 Å². The van der Waals surface area contributed by atoms with E-state index in [2.05, 4.69) is 11.4 Å². The standard InChI is InChI=1S/C8H10O2S/c1-3-7(10-9-5-1)8-4-2-6-11-8/h2,4,6-7H,1,3,5H2. The van der Waals surface area contributed by atoms with E-state index < -0.39 is 0 Å². The first-order chi connectivity index (χ1) is 5.47. The molecule has 1 fully saturated rings. The molecule has 0 N–H and O–H groups in total. The zero-order valence-electron chi connectivity index (χ0n) is 6.16. The van der Waals surface area contributed by atoms with Crippen molar-refractivity contribution in [3.63, 3.8) is 0 Å². The monoisotopic (exact) mass is 170 g/mol. The van der Waals surface area contributed by atoms with Crippen molar-refractivity contribution >= 4 is 11.3 Å². The van der Waals surface area contributed by atoms with Crippen molar-refractivity contribution in [3.8, 4) is 0 Å². The molecule has 0 aliphatic carbocycles.